The zero-order valence-electron chi connectivity index (χ0n) is 11.1. The molecule has 2 rings (SSSR count). The molecule has 0 saturated heterocycles. The molecule has 0 aliphatic heterocycles. The molecule has 0 aromatic heterocycles. The van der Waals surface area contributed by atoms with Crippen LogP contribution in [0.25, 0.3) is 0 Å². The summed E-state index contributed by atoms with van der Waals surface area (Å²) in [5.41, 5.74) is 6.27. The molecule has 1 atom stereocenters. The van der Waals surface area contributed by atoms with Crippen LogP contribution in [0.3, 0.4) is 0 Å². The van der Waals surface area contributed by atoms with E-state index < -0.39 is 10.0 Å². The minimum absolute atomic E-state index is 0.0808. The maximum atomic E-state index is 12.3. The summed E-state index contributed by atoms with van der Waals surface area (Å²) in [7, 11) is -3.44. The van der Waals surface area contributed by atoms with Gasteiger partial charge in [-0.1, -0.05) is 19.1 Å². The van der Waals surface area contributed by atoms with Crippen LogP contribution < -0.4 is 15.8 Å². The Morgan fingerprint density at radius 2 is 2.05 bits per heavy atom. The van der Waals surface area contributed by atoms with Crippen molar-refractivity contribution in [1.29, 1.82) is 0 Å². The van der Waals surface area contributed by atoms with E-state index >= 15 is 0 Å². The molecular weight excluding hydrogens is 262 g/mol. The summed E-state index contributed by atoms with van der Waals surface area (Å²) in [6, 6.07) is 7.14. The number of rotatable bonds is 7. The summed E-state index contributed by atoms with van der Waals surface area (Å²) in [5, 5.41) is 3.20. The number of nitrogens with two attached hydrogens (primary N) is 1. The average Bonchev–Trinajstić information content (AvgIpc) is 3.19. The lowest BCUT2D eigenvalue weighted by atomic mass is 10.2. The zero-order chi connectivity index (χ0) is 13.9. The van der Waals surface area contributed by atoms with E-state index in [4.69, 9.17) is 5.73 Å². The number of benzene rings is 1. The van der Waals surface area contributed by atoms with Crippen molar-refractivity contribution < 1.29 is 8.42 Å². The Morgan fingerprint density at radius 3 is 2.63 bits per heavy atom. The molecule has 1 aromatic rings. The van der Waals surface area contributed by atoms with Gasteiger partial charge in [0.25, 0.3) is 0 Å². The van der Waals surface area contributed by atoms with Crippen molar-refractivity contribution >= 4 is 15.7 Å². The monoisotopic (exact) mass is 283 g/mol. The fourth-order valence-electron chi connectivity index (χ4n) is 1.85. The first-order valence-electron chi connectivity index (χ1n) is 6.64. The van der Waals surface area contributed by atoms with Crippen molar-refractivity contribution in [2.75, 3.05) is 11.9 Å². The third kappa shape index (κ3) is 3.68. The molecule has 0 spiro atoms. The number of anilines is 1. The summed E-state index contributed by atoms with van der Waals surface area (Å²) < 4.78 is 27.3. The van der Waals surface area contributed by atoms with Crippen LogP contribution >= 0.6 is 0 Å². The van der Waals surface area contributed by atoms with Gasteiger partial charge in [0.2, 0.25) is 10.0 Å². The maximum absolute atomic E-state index is 12.3. The van der Waals surface area contributed by atoms with Crippen LogP contribution in [0.4, 0.5) is 5.69 Å². The van der Waals surface area contributed by atoms with E-state index in [-0.39, 0.29) is 12.1 Å². The SMILES string of the molecule is CCC(CN)Nc1ccccc1S(=O)(=O)NC1CC1. The van der Waals surface area contributed by atoms with Gasteiger partial charge in [0.1, 0.15) is 4.90 Å². The van der Waals surface area contributed by atoms with Crippen molar-refractivity contribution in [3.05, 3.63) is 24.3 Å². The highest BCUT2D eigenvalue weighted by Gasteiger charge is 2.29. The van der Waals surface area contributed by atoms with Gasteiger partial charge in [-0.25, -0.2) is 13.1 Å². The van der Waals surface area contributed by atoms with E-state index in [0.717, 1.165) is 19.3 Å². The van der Waals surface area contributed by atoms with Crippen molar-refractivity contribution in [2.24, 2.45) is 5.73 Å². The fourth-order valence-corrected chi connectivity index (χ4v) is 3.33. The Balaban J connectivity index is 2.24. The molecule has 0 bridgehead atoms. The number of hydrogen-bond acceptors (Lipinski definition) is 4. The lowest BCUT2D eigenvalue weighted by molar-refractivity contribution is 0.581. The van der Waals surface area contributed by atoms with Crippen LogP contribution in [0.15, 0.2) is 29.2 Å². The van der Waals surface area contributed by atoms with Gasteiger partial charge in [-0.2, -0.15) is 0 Å². The zero-order valence-corrected chi connectivity index (χ0v) is 11.9. The third-order valence-electron chi connectivity index (χ3n) is 3.21. The predicted octanol–water partition coefficient (Wildman–Crippen LogP) is 1.28. The van der Waals surface area contributed by atoms with Crippen LogP contribution in [-0.2, 0) is 10.0 Å². The van der Waals surface area contributed by atoms with E-state index in [1.165, 1.54) is 0 Å². The molecule has 1 unspecified atom stereocenters. The Hall–Kier alpha value is -1.11. The third-order valence-corrected chi connectivity index (χ3v) is 4.79. The van der Waals surface area contributed by atoms with Crippen LogP contribution in [0, 0.1) is 0 Å². The van der Waals surface area contributed by atoms with Crippen molar-refractivity contribution in [3.8, 4) is 0 Å². The largest absolute Gasteiger partial charge is 0.380 e. The van der Waals surface area contributed by atoms with Gasteiger partial charge in [0.15, 0.2) is 0 Å². The summed E-state index contributed by atoms with van der Waals surface area (Å²) in [4.78, 5) is 0.300. The van der Waals surface area contributed by atoms with Gasteiger partial charge < -0.3 is 11.1 Å². The van der Waals surface area contributed by atoms with Gasteiger partial charge in [-0.15, -0.1) is 0 Å². The van der Waals surface area contributed by atoms with Crippen molar-refractivity contribution in [2.45, 2.75) is 43.2 Å². The number of para-hydroxylation sites is 1. The highest BCUT2D eigenvalue weighted by atomic mass is 32.2. The van der Waals surface area contributed by atoms with Crippen molar-refractivity contribution in [3.63, 3.8) is 0 Å². The Morgan fingerprint density at radius 1 is 1.37 bits per heavy atom. The van der Waals surface area contributed by atoms with Crippen LogP contribution in [0.5, 0.6) is 0 Å². The van der Waals surface area contributed by atoms with Crippen LogP contribution in [-0.4, -0.2) is 27.0 Å². The molecule has 1 aliphatic rings. The standard InChI is InChI=1S/C13H21N3O2S/c1-2-10(9-14)15-12-5-3-4-6-13(12)19(17,18)16-11-7-8-11/h3-6,10-11,15-16H,2,7-9,14H2,1H3. The fraction of sp³-hybridized carbons (Fsp3) is 0.538. The van der Waals surface area contributed by atoms with E-state index in [9.17, 15) is 8.42 Å². The minimum Gasteiger partial charge on any atom is -0.380 e. The van der Waals surface area contributed by atoms with E-state index in [0.29, 0.717) is 17.1 Å². The number of sulfonamides is 1. The van der Waals surface area contributed by atoms with Gasteiger partial charge in [-0.3, -0.25) is 0 Å². The molecule has 0 radical (unpaired) electrons. The highest BCUT2D eigenvalue weighted by molar-refractivity contribution is 7.89. The summed E-state index contributed by atoms with van der Waals surface area (Å²) >= 11 is 0. The first kappa shape index (κ1) is 14.3. The average molecular weight is 283 g/mol. The molecule has 4 N–H and O–H groups in total. The lowest BCUT2D eigenvalue weighted by Crippen LogP contribution is -2.30. The van der Waals surface area contributed by atoms with Crippen molar-refractivity contribution in [1.82, 2.24) is 4.72 Å². The number of nitrogens with one attached hydrogen (secondary N) is 2. The van der Waals surface area contributed by atoms with E-state index in [1.54, 1.807) is 18.2 Å². The molecule has 0 heterocycles. The lowest BCUT2D eigenvalue weighted by Gasteiger charge is -2.19. The molecule has 1 aliphatic carbocycles. The minimum atomic E-state index is -3.44. The molecule has 1 fully saturated rings. The normalized spacial score (nSPS) is 17.2. The van der Waals surface area contributed by atoms with Gasteiger partial charge in [0.05, 0.1) is 5.69 Å². The predicted molar refractivity (Wildman–Crippen MR) is 76.5 cm³/mol. The summed E-state index contributed by atoms with van der Waals surface area (Å²) in [6.45, 7) is 2.49. The topological polar surface area (TPSA) is 84.2 Å². The smallest absolute Gasteiger partial charge is 0.242 e. The summed E-state index contributed by atoms with van der Waals surface area (Å²) in [5.74, 6) is 0. The van der Waals surface area contributed by atoms with E-state index in [1.807, 2.05) is 13.0 Å². The first-order chi connectivity index (χ1) is 9.06. The Kier molecular flexibility index (Phi) is 4.44. The maximum Gasteiger partial charge on any atom is 0.242 e. The van der Waals surface area contributed by atoms with E-state index in [2.05, 4.69) is 10.0 Å². The van der Waals surface area contributed by atoms with Crippen LogP contribution in [0.2, 0.25) is 0 Å². The molecule has 0 amide bonds. The molecule has 19 heavy (non-hydrogen) atoms. The van der Waals surface area contributed by atoms with Gasteiger partial charge in [0, 0.05) is 18.6 Å². The van der Waals surface area contributed by atoms with Gasteiger partial charge >= 0.3 is 0 Å². The summed E-state index contributed by atoms with van der Waals surface area (Å²) in [6.07, 6.45) is 2.70. The molecule has 1 saturated carbocycles. The quantitative estimate of drug-likeness (QED) is 0.704. The second kappa shape index (κ2) is 5.90. The number of hydrogen-bond donors (Lipinski definition) is 3. The first-order valence-corrected chi connectivity index (χ1v) is 8.13. The highest BCUT2D eigenvalue weighted by Crippen LogP contribution is 2.26. The molecule has 106 valence electrons. The Labute approximate surface area is 114 Å². The molecule has 5 nitrogen and oxygen atoms in total. The molecule has 6 heteroatoms. The Bertz CT molecular complexity index is 522. The molecular formula is C13H21N3O2S. The van der Waals surface area contributed by atoms with Gasteiger partial charge in [-0.05, 0) is 31.4 Å². The molecule has 1 aromatic carbocycles. The second-order valence-corrected chi connectivity index (χ2v) is 6.56. The van der Waals surface area contributed by atoms with Crippen LogP contribution in [0.1, 0.15) is 26.2 Å². The second-order valence-electron chi connectivity index (χ2n) is 4.88.